The van der Waals surface area contributed by atoms with Crippen molar-refractivity contribution in [1.82, 2.24) is 29.4 Å². The molecule has 176 valence electrons. The molecule has 0 bridgehead atoms. The Labute approximate surface area is 202 Å². The highest BCUT2D eigenvalue weighted by molar-refractivity contribution is 5.88. The topological polar surface area (TPSA) is 86.7 Å². The molecule has 0 aliphatic heterocycles. The molecule has 0 unspecified atom stereocenters. The Balaban J connectivity index is 1.59. The van der Waals surface area contributed by atoms with Gasteiger partial charge in [-0.2, -0.15) is 10.2 Å². The minimum absolute atomic E-state index is 0.278. The first kappa shape index (κ1) is 22.3. The van der Waals surface area contributed by atoms with E-state index in [1.54, 1.807) is 18.5 Å². The van der Waals surface area contributed by atoms with Crippen molar-refractivity contribution >= 4 is 16.8 Å². The van der Waals surface area contributed by atoms with E-state index in [0.29, 0.717) is 29.0 Å². The van der Waals surface area contributed by atoms with Crippen molar-refractivity contribution in [2.45, 2.75) is 33.4 Å². The first-order chi connectivity index (χ1) is 17.0. The van der Waals surface area contributed by atoms with Gasteiger partial charge in [-0.3, -0.25) is 9.59 Å². The summed E-state index contributed by atoms with van der Waals surface area (Å²) < 4.78 is 4.86. The zero-order valence-corrected chi connectivity index (χ0v) is 19.8. The maximum Gasteiger partial charge on any atom is 0.280 e. The molecule has 35 heavy (non-hydrogen) atoms. The van der Waals surface area contributed by atoms with Crippen molar-refractivity contribution in [3.05, 3.63) is 106 Å². The SMILES string of the molecule is Cc1ccccc1CNC(=O)[C@@H](C)n1nc(C)c2nn(-c3ccccc3)c(-n3cccc3)c2c1=O. The number of fused-ring (bicyclic) bond motifs is 1. The first-order valence-corrected chi connectivity index (χ1v) is 11.5. The average Bonchev–Trinajstić information content (AvgIpc) is 3.54. The second-order valence-corrected chi connectivity index (χ2v) is 8.54. The summed E-state index contributed by atoms with van der Waals surface area (Å²) in [5, 5.41) is 12.6. The van der Waals surface area contributed by atoms with Gasteiger partial charge in [0.1, 0.15) is 16.9 Å². The number of para-hydroxylation sites is 1. The summed E-state index contributed by atoms with van der Waals surface area (Å²) in [4.78, 5) is 26.8. The van der Waals surface area contributed by atoms with Crippen molar-refractivity contribution < 1.29 is 4.79 Å². The zero-order valence-electron chi connectivity index (χ0n) is 19.8. The summed E-state index contributed by atoms with van der Waals surface area (Å²) in [5.41, 5.74) is 3.65. The van der Waals surface area contributed by atoms with Gasteiger partial charge in [-0.05, 0) is 56.2 Å². The first-order valence-electron chi connectivity index (χ1n) is 11.5. The van der Waals surface area contributed by atoms with Crippen LogP contribution in [0.2, 0.25) is 0 Å². The van der Waals surface area contributed by atoms with E-state index < -0.39 is 6.04 Å². The second-order valence-electron chi connectivity index (χ2n) is 8.54. The summed E-state index contributed by atoms with van der Waals surface area (Å²) in [6.45, 7) is 5.87. The number of aromatic nitrogens is 5. The Hall–Kier alpha value is -4.46. The maximum atomic E-state index is 13.8. The smallest absolute Gasteiger partial charge is 0.280 e. The van der Waals surface area contributed by atoms with Crippen molar-refractivity contribution in [3.63, 3.8) is 0 Å². The molecule has 8 heteroatoms. The van der Waals surface area contributed by atoms with Gasteiger partial charge in [0, 0.05) is 18.9 Å². The molecular weight excluding hydrogens is 440 g/mol. The molecule has 0 aliphatic carbocycles. The fourth-order valence-corrected chi connectivity index (χ4v) is 4.20. The van der Waals surface area contributed by atoms with Crippen LogP contribution >= 0.6 is 0 Å². The van der Waals surface area contributed by atoms with Crippen LogP contribution in [-0.4, -0.2) is 30.0 Å². The van der Waals surface area contributed by atoms with Gasteiger partial charge >= 0.3 is 0 Å². The van der Waals surface area contributed by atoms with E-state index in [9.17, 15) is 9.59 Å². The van der Waals surface area contributed by atoms with E-state index in [1.807, 2.05) is 90.6 Å². The number of nitrogens with zero attached hydrogens (tertiary/aromatic N) is 5. The van der Waals surface area contributed by atoms with Crippen LogP contribution in [-0.2, 0) is 11.3 Å². The number of aryl methyl sites for hydroxylation is 2. The van der Waals surface area contributed by atoms with Gasteiger partial charge < -0.3 is 9.88 Å². The van der Waals surface area contributed by atoms with Crippen LogP contribution in [0.4, 0.5) is 0 Å². The van der Waals surface area contributed by atoms with Gasteiger partial charge in [-0.25, -0.2) is 9.36 Å². The Kier molecular flexibility index (Phi) is 5.78. The lowest BCUT2D eigenvalue weighted by Crippen LogP contribution is -2.37. The molecule has 5 rings (SSSR count). The van der Waals surface area contributed by atoms with E-state index in [0.717, 1.165) is 16.8 Å². The second kappa shape index (κ2) is 9.06. The number of hydrogen-bond acceptors (Lipinski definition) is 4. The molecular formula is C27H26N6O2. The highest BCUT2D eigenvalue weighted by atomic mass is 16.2. The van der Waals surface area contributed by atoms with Crippen molar-refractivity contribution in [3.8, 4) is 11.5 Å². The number of nitrogens with one attached hydrogen (secondary N) is 1. The Morgan fingerprint density at radius 3 is 2.34 bits per heavy atom. The van der Waals surface area contributed by atoms with E-state index in [2.05, 4.69) is 10.4 Å². The molecule has 0 radical (unpaired) electrons. The monoisotopic (exact) mass is 466 g/mol. The average molecular weight is 467 g/mol. The van der Waals surface area contributed by atoms with E-state index >= 15 is 0 Å². The lowest BCUT2D eigenvalue weighted by Gasteiger charge is -2.16. The Bertz CT molecular complexity index is 1570. The molecule has 3 heterocycles. The van der Waals surface area contributed by atoms with E-state index in [1.165, 1.54) is 4.68 Å². The lowest BCUT2D eigenvalue weighted by molar-refractivity contribution is -0.124. The van der Waals surface area contributed by atoms with Crippen LogP contribution < -0.4 is 10.9 Å². The van der Waals surface area contributed by atoms with Crippen LogP contribution in [0, 0.1) is 13.8 Å². The number of carbonyl (C=O) groups excluding carboxylic acids is 1. The third-order valence-electron chi connectivity index (χ3n) is 6.19. The molecule has 1 N–H and O–H groups in total. The van der Waals surface area contributed by atoms with Crippen LogP contribution in [0.25, 0.3) is 22.4 Å². The Morgan fingerprint density at radius 1 is 0.943 bits per heavy atom. The van der Waals surface area contributed by atoms with E-state index in [4.69, 9.17) is 5.10 Å². The van der Waals surface area contributed by atoms with Crippen LogP contribution in [0.1, 0.15) is 29.8 Å². The van der Waals surface area contributed by atoms with Gasteiger partial charge in [0.05, 0.1) is 11.4 Å². The number of amides is 1. The molecule has 8 nitrogen and oxygen atoms in total. The van der Waals surface area contributed by atoms with Crippen LogP contribution in [0.15, 0.2) is 83.9 Å². The summed E-state index contributed by atoms with van der Waals surface area (Å²) in [6, 6.07) is 20.5. The fourth-order valence-electron chi connectivity index (χ4n) is 4.20. The number of rotatable bonds is 6. The molecule has 5 aromatic rings. The highest BCUT2D eigenvalue weighted by Crippen LogP contribution is 2.25. The summed E-state index contributed by atoms with van der Waals surface area (Å²) in [7, 11) is 0. The molecule has 0 aliphatic rings. The van der Waals surface area contributed by atoms with Crippen LogP contribution in [0.5, 0.6) is 0 Å². The largest absolute Gasteiger partial charge is 0.350 e. The van der Waals surface area contributed by atoms with Crippen LogP contribution in [0.3, 0.4) is 0 Å². The molecule has 0 saturated heterocycles. The van der Waals surface area contributed by atoms with Gasteiger partial charge in [-0.1, -0.05) is 42.5 Å². The Morgan fingerprint density at radius 2 is 1.63 bits per heavy atom. The molecule has 0 saturated carbocycles. The molecule has 0 fully saturated rings. The number of hydrogen-bond donors (Lipinski definition) is 1. The molecule has 3 aromatic heterocycles. The van der Waals surface area contributed by atoms with Gasteiger partial charge in [0.25, 0.3) is 5.56 Å². The van der Waals surface area contributed by atoms with Crippen molar-refractivity contribution in [1.29, 1.82) is 0 Å². The predicted octanol–water partition coefficient (Wildman–Crippen LogP) is 3.87. The number of carbonyl (C=O) groups is 1. The molecule has 1 amide bonds. The van der Waals surface area contributed by atoms with Crippen molar-refractivity contribution in [2.24, 2.45) is 0 Å². The molecule has 1 atom stereocenters. The molecule has 0 spiro atoms. The zero-order chi connectivity index (χ0) is 24.5. The maximum absolute atomic E-state index is 13.8. The summed E-state index contributed by atoms with van der Waals surface area (Å²) >= 11 is 0. The summed E-state index contributed by atoms with van der Waals surface area (Å²) in [5.74, 6) is 0.326. The predicted molar refractivity (Wildman–Crippen MR) is 135 cm³/mol. The van der Waals surface area contributed by atoms with Gasteiger partial charge in [-0.15, -0.1) is 0 Å². The normalized spacial score (nSPS) is 12.1. The van der Waals surface area contributed by atoms with Crippen molar-refractivity contribution in [2.75, 3.05) is 0 Å². The third kappa shape index (κ3) is 4.03. The standard InChI is InChI=1S/C27H26N6O2/c1-18-11-7-8-12-21(18)17-28-25(34)20(3)32-27(35)23-24(19(2)29-32)30-33(22-13-5-4-6-14-22)26(23)31-15-9-10-16-31/h4-16,20H,17H2,1-3H3,(H,28,34)/t20-/m1/s1. The fraction of sp³-hybridized carbons (Fsp3) is 0.185. The summed E-state index contributed by atoms with van der Waals surface area (Å²) in [6.07, 6.45) is 3.74. The van der Waals surface area contributed by atoms with Gasteiger partial charge in [0.2, 0.25) is 5.91 Å². The lowest BCUT2D eigenvalue weighted by atomic mass is 10.1. The van der Waals surface area contributed by atoms with Gasteiger partial charge in [0.15, 0.2) is 5.82 Å². The minimum Gasteiger partial charge on any atom is -0.350 e. The third-order valence-corrected chi connectivity index (χ3v) is 6.19. The van der Waals surface area contributed by atoms with E-state index in [-0.39, 0.29) is 11.5 Å². The minimum atomic E-state index is -0.799. The quantitative estimate of drug-likeness (QED) is 0.412. The molecule has 2 aromatic carbocycles. The highest BCUT2D eigenvalue weighted by Gasteiger charge is 2.25. The number of benzene rings is 2.